The van der Waals surface area contributed by atoms with Crippen LogP contribution in [0.3, 0.4) is 0 Å². The second-order valence-corrected chi connectivity index (χ2v) is 5.67. The van der Waals surface area contributed by atoms with Crippen LogP contribution < -0.4 is 14.8 Å². The molecule has 116 valence electrons. The first-order valence-corrected chi connectivity index (χ1v) is 7.62. The highest BCUT2D eigenvalue weighted by molar-refractivity contribution is 9.10. The summed E-state index contributed by atoms with van der Waals surface area (Å²) in [6.45, 7) is 1.94. The SMILES string of the molecule is COc1ccc(C(=O)N[C@H](C)c2ccc(OC)c(Br)c2)cc1. The zero-order chi connectivity index (χ0) is 16.1. The number of benzene rings is 2. The van der Waals surface area contributed by atoms with Crippen LogP contribution in [0.5, 0.6) is 11.5 Å². The first kappa shape index (κ1) is 16.4. The number of ether oxygens (including phenoxy) is 2. The van der Waals surface area contributed by atoms with E-state index >= 15 is 0 Å². The number of rotatable bonds is 5. The minimum atomic E-state index is -0.123. The first-order valence-electron chi connectivity index (χ1n) is 6.83. The molecule has 0 aliphatic heterocycles. The highest BCUT2D eigenvalue weighted by Crippen LogP contribution is 2.28. The van der Waals surface area contributed by atoms with Crippen molar-refractivity contribution < 1.29 is 14.3 Å². The summed E-state index contributed by atoms with van der Waals surface area (Å²) < 4.78 is 11.2. The van der Waals surface area contributed by atoms with E-state index in [4.69, 9.17) is 9.47 Å². The standard InChI is InChI=1S/C17H18BrNO3/c1-11(13-6-9-16(22-3)15(18)10-13)19-17(20)12-4-7-14(21-2)8-5-12/h4-11H,1-3H3,(H,19,20)/t11-/m1/s1. The van der Waals surface area contributed by atoms with Gasteiger partial charge in [-0.2, -0.15) is 0 Å². The van der Waals surface area contributed by atoms with E-state index in [2.05, 4.69) is 21.2 Å². The number of amides is 1. The maximum absolute atomic E-state index is 12.2. The third-order valence-corrected chi connectivity index (χ3v) is 4.00. The van der Waals surface area contributed by atoms with Gasteiger partial charge >= 0.3 is 0 Å². The third-order valence-electron chi connectivity index (χ3n) is 3.38. The van der Waals surface area contributed by atoms with Crippen LogP contribution in [0.25, 0.3) is 0 Å². The fraction of sp³-hybridized carbons (Fsp3) is 0.235. The van der Waals surface area contributed by atoms with E-state index in [0.717, 1.165) is 21.5 Å². The van der Waals surface area contributed by atoms with Crippen LogP contribution in [-0.2, 0) is 0 Å². The molecule has 0 unspecified atom stereocenters. The van der Waals surface area contributed by atoms with Crippen molar-refractivity contribution in [3.05, 3.63) is 58.1 Å². The Balaban J connectivity index is 2.08. The normalized spacial score (nSPS) is 11.6. The van der Waals surface area contributed by atoms with Gasteiger partial charge in [-0.25, -0.2) is 0 Å². The van der Waals surface area contributed by atoms with E-state index in [1.54, 1.807) is 38.5 Å². The molecule has 1 N–H and O–H groups in total. The van der Waals surface area contributed by atoms with Crippen LogP contribution in [0.15, 0.2) is 46.9 Å². The van der Waals surface area contributed by atoms with Crippen molar-refractivity contribution in [3.63, 3.8) is 0 Å². The molecule has 0 aliphatic carbocycles. The maximum atomic E-state index is 12.2. The Morgan fingerprint density at radius 3 is 2.32 bits per heavy atom. The van der Waals surface area contributed by atoms with Gasteiger partial charge in [-0.05, 0) is 64.8 Å². The lowest BCUT2D eigenvalue weighted by Gasteiger charge is -2.16. The molecule has 2 aromatic rings. The zero-order valence-electron chi connectivity index (χ0n) is 12.7. The Labute approximate surface area is 138 Å². The van der Waals surface area contributed by atoms with E-state index < -0.39 is 0 Å². The molecule has 0 spiro atoms. The molecule has 2 aromatic carbocycles. The number of carbonyl (C=O) groups is 1. The second-order valence-electron chi connectivity index (χ2n) is 4.82. The predicted molar refractivity (Wildman–Crippen MR) is 89.6 cm³/mol. The molecule has 1 atom stereocenters. The molecule has 0 saturated carbocycles. The molecular formula is C17H18BrNO3. The summed E-state index contributed by atoms with van der Waals surface area (Å²) in [5, 5.41) is 2.97. The lowest BCUT2D eigenvalue weighted by molar-refractivity contribution is 0.0940. The minimum absolute atomic E-state index is 0.114. The van der Waals surface area contributed by atoms with Crippen molar-refractivity contribution in [2.24, 2.45) is 0 Å². The van der Waals surface area contributed by atoms with Crippen LogP contribution in [-0.4, -0.2) is 20.1 Å². The van der Waals surface area contributed by atoms with E-state index in [0.29, 0.717) is 5.56 Å². The predicted octanol–water partition coefficient (Wildman–Crippen LogP) is 3.96. The van der Waals surface area contributed by atoms with Gasteiger partial charge in [0.15, 0.2) is 0 Å². The molecule has 0 aromatic heterocycles. The van der Waals surface area contributed by atoms with Crippen LogP contribution in [0.2, 0.25) is 0 Å². The Morgan fingerprint density at radius 2 is 1.77 bits per heavy atom. The molecule has 0 saturated heterocycles. The van der Waals surface area contributed by atoms with Gasteiger partial charge in [-0.1, -0.05) is 6.07 Å². The Hall–Kier alpha value is -2.01. The van der Waals surface area contributed by atoms with Crippen LogP contribution in [0, 0.1) is 0 Å². The Kier molecular flexibility index (Phi) is 5.44. The van der Waals surface area contributed by atoms with Crippen LogP contribution in [0.4, 0.5) is 0 Å². The van der Waals surface area contributed by atoms with Gasteiger partial charge in [0.1, 0.15) is 11.5 Å². The quantitative estimate of drug-likeness (QED) is 0.874. The Bertz CT molecular complexity index is 655. The number of carbonyl (C=O) groups excluding carboxylic acids is 1. The highest BCUT2D eigenvalue weighted by Gasteiger charge is 2.13. The van der Waals surface area contributed by atoms with Crippen molar-refractivity contribution in [2.75, 3.05) is 14.2 Å². The Morgan fingerprint density at radius 1 is 1.09 bits per heavy atom. The number of halogens is 1. The fourth-order valence-electron chi connectivity index (χ4n) is 2.06. The number of hydrogen-bond acceptors (Lipinski definition) is 3. The van der Waals surface area contributed by atoms with Crippen molar-refractivity contribution in [1.82, 2.24) is 5.32 Å². The molecule has 2 rings (SSSR count). The molecular weight excluding hydrogens is 346 g/mol. The summed E-state index contributed by atoms with van der Waals surface area (Å²) in [5.74, 6) is 1.36. The summed E-state index contributed by atoms with van der Waals surface area (Å²) in [7, 11) is 3.22. The smallest absolute Gasteiger partial charge is 0.251 e. The lowest BCUT2D eigenvalue weighted by Crippen LogP contribution is -2.26. The molecule has 0 bridgehead atoms. The van der Waals surface area contributed by atoms with Crippen molar-refractivity contribution in [1.29, 1.82) is 0 Å². The molecule has 0 aliphatic rings. The number of methoxy groups -OCH3 is 2. The molecule has 1 amide bonds. The van der Waals surface area contributed by atoms with Crippen LogP contribution >= 0.6 is 15.9 Å². The van der Waals surface area contributed by atoms with Gasteiger partial charge in [0.2, 0.25) is 0 Å². The van der Waals surface area contributed by atoms with Crippen LogP contribution in [0.1, 0.15) is 28.9 Å². The molecule has 5 heteroatoms. The molecule has 22 heavy (non-hydrogen) atoms. The van der Waals surface area contributed by atoms with E-state index in [1.807, 2.05) is 25.1 Å². The first-order chi connectivity index (χ1) is 10.5. The van der Waals surface area contributed by atoms with Gasteiger partial charge < -0.3 is 14.8 Å². The molecule has 0 fully saturated rings. The summed E-state index contributed by atoms with van der Waals surface area (Å²) in [5.41, 5.74) is 1.59. The van der Waals surface area contributed by atoms with Crippen molar-refractivity contribution >= 4 is 21.8 Å². The average Bonchev–Trinajstić information content (AvgIpc) is 2.54. The van der Waals surface area contributed by atoms with Gasteiger partial charge in [-0.3, -0.25) is 4.79 Å². The molecule has 0 radical (unpaired) electrons. The summed E-state index contributed by atoms with van der Waals surface area (Å²) >= 11 is 3.45. The number of hydrogen-bond donors (Lipinski definition) is 1. The highest BCUT2D eigenvalue weighted by atomic mass is 79.9. The number of nitrogens with one attached hydrogen (secondary N) is 1. The molecule has 0 heterocycles. The summed E-state index contributed by atoms with van der Waals surface area (Å²) in [6.07, 6.45) is 0. The largest absolute Gasteiger partial charge is 0.497 e. The average molecular weight is 364 g/mol. The van der Waals surface area contributed by atoms with Gasteiger partial charge in [0.05, 0.1) is 24.7 Å². The third kappa shape index (κ3) is 3.80. The maximum Gasteiger partial charge on any atom is 0.251 e. The van der Waals surface area contributed by atoms with Gasteiger partial charge in [-0.15, -0.1) is 0 Å². The van der Waals surface area contributed by atoms with E-state index in [9.17, 15) is 4.79 Å². The zero-order valence-corrected chi connectivity index (χ0v) is 14.3. The molecule has 4 nitrogen and oxygen atoms in total. The minimum Gasteiger partial charge on any atom is -0.497 e. The van der Waals surface area contributed by atoms with E-state index in [-0.39, 0.29) is 11.9 Å². The van der Waals surface area contributed by atoms with Crippen molar-refractivity contribution in [3.8, 4) is 11.5 Å². The summed E-state index contributed by atoms with van der Waals surface area (Å²) in [4.78, 5) is 12.2. The van der Waals surface area contributed by atoms with Gasteiger partial charge in [0.25, 0.3) is 5.91 Å². The van der Waals surface area contributed by atoms with E-state index in [1.165, 1.54) is 0 Å². The second kappa shape index (κ2) is 7.31. The van der Waals surface area contributed by atoms with Gasteiger partial charge in [0, 0.05) is 5.56 Å². The lowest BCUT2D eigenvalue weighted by atomic mass is 10.1. The van der Waals surface area contributed by atoms with Crippen molar-refractivity contribution in [2.45, 2.75) is 13.0 Å². The topological polar surface area (TPSA) is 47.6 Å². The summed E-state index contributed by atoms with van der Waals surface area (Å²) in [6, 6.07) is 12.6. The monoisotopic (exact) mass is 363 g/mol. The fourth-order valence-corrected chi connectivity index (χ4v) is 2.62.